The molecule has 1 aliphatic rings. The molecule has 194 valence electrons. The summed E-state index contributed by atoms with van der Waals surface area (Å²) in [6, 6.07) is 40.5. The fourth-order valence-corrected chi connectivity index (χ4v) is 9.77. The van der Waals surface area contributed by atoms with Crippen LogP contribution in [0.25, 0.3) is 72.1 Å². The summed E-state index contributed by atoms with van der Waals surface area (Å²) in [7, 11) is -2.07. The zero-order chi connectivity index (χ0) is 27.3. The van der Waals surface area contributed by atoms with E-state index >= 15 is 0 Å². The van der Waals surface area contributed by atoms with Crippen molar-refractivity contribution in [1.29, 1.82) is 0 Å². The second kappa shape index (κ2) is 8.02. The van der Waals surface area contributed by atoms with E-state index in [4.69, 9.17) is 14.4 Å². The average molecular weight is 544 g/mol. The number of aromatic nitrogens is 3. The van der Waals surface area contributed by atoms with Crippen molar-refractivity contribution in [2.45, 2.75) is 13.1 Å². The minimum absolute atomic E-state index is 0.767. The van der Waals surface area contributed by atoms with Crippen LogP contribution in [0.15, 0.2) is 120 Å². The molecule has 0 bridgehead atoms. The third-order valence-corrected chi connectivity index (χ3v) is 12.1. The van der Waals surface area contributed by atoms with E-state index in [0.29, 0.717) is 0 Å². The van der Waals surface area contributed by atoms with Gasteiger partial charge in [-0.1, -0.05) is 104 Å². The highest BCUT2D eigenvalue weighted by molar-refractivity contribution is 7.03. The molecule has 41 heavy (non-hydrogen) atoms. The molecule has 0 fully saturated rings. The summed E-state index contributed by atoms with van der Waals surface area (Å²) in [5.74, 6) is 1.70. The third-order valence-electron chi connectivity index (χ3n) is 8.78. The number of rotatable bonds is 2. The zero-order valence-electron chi connectivity index (χ0n) is 22.7. The summed E-state index contributed by atoms with van der Waals surface area (Å²) in [6.07, 6.45) is 0. The Balaban J connectivity index is 1.48. The Morgan fingerprint density at radius 1 is 0.634 bits per heavy atom. The van der Waals surface area contributed by atoms with Gasteiger partial charge in [0, 0.05) is 32.6 Å². The maximum absolute atomic E-state index is 6.56. The minimum Gasteiger partial charge on any atom is -0.455 e. The highest BCUT2D eigenvalue weighted by Gasteiger charge is 2.42. The normalized spacial score (nSPS) is 13.8. The van der Waals surface area contributed by atoms with Crippen LogP contribution in [0, 0.1) is 0 Å². The van der Waals surface area contributed by atoms with Gasteiger partial charge in [0.15, 0.2) is 5.82 Å². The summed E-state index contributed by atoms with van der Waals surface area (Å²) in [4.78, 5) is 10.7. The van der Waals surface area contributed by atoms with Crippen LogP contribution in [0.5, 0.6) is 0 Å². The van der Waals surface area contributed by atoms with Crippen molar-refractivity contribution in [1.82, 2.24) is 14.5 Å². The molecule has 0 spiro atoms. The van der Waals surface area contributed by atoms with Gasteiger partial charge in [-0.05, 0) is 35.0 Å². The van der Waals surface area contributed by atoms with Gasteiger partial charge in [-0.2, -0.15) is 0 Å². The zero-order valence-corrected chi connectivity index (χ0v) is 23.7. The highest BCUT2D eigenvalue weighted by atomic mass is 28.3. The van der Waals surface area contributed by atoms with Crippen molar-refractivity contribution >= 4 is 62.3 Å². The van der Waals surface area contributed by atoms with E-state index in [0.717, 1.165) is 66.5 Å². The quantitative estimate of drug-likeness (QED) is 0.208. The maximum Gasteiger partial charge on any atom is 0.161 e. The first kappa shape index (κ1) is 22.8. The van der Waals surface area contributed by atoms with Crippen LogP contribution in [-0.4, -0.2) is 22.6 Å². The predicted molar refractivity (Wildman–Crippen MR) is 171 cm³/mol. The van der Waals surface area contributed by atoms with Crippen LogP contribution in [0.3, 0.4) is 0 Å². The minimum atomic E-state index is -2.07. The predicted octanol–water partition coefficient (Wildman–Crippen LogP) is 7.94. The molecule has 4 nitrogen and oxygen atoms in total. The Bertz CT molecular complexity index is 2350. The van der Waals surface area contributed by atoms with Gasteiger partial charge in [0.25, 0.3) is 0 Å². The van der Waals surface area contributed by atoms with E-state index in [9.17, 15) is 0 Å². The first-order chi connectivity index (χ1) is 20.1. The number of hydrogen-bond donors (Lipinski definition) is 0. The van der Waals surface area contributed by atoms with Crippen LogP contribution in [0.1, 0.15) is 0 Å². The number of benzene rings is 5. The molecule has 3 aromatic heterocycles. The van der Waals surface area contributed by atoms with Crippen molar-refractivity contribution in [3.8, 4) is 28.3 Å². The molecule has 0 radical (unpaired) electrons. The monoisotopic (exact) mass is 543 g/mol. The van der Waals surface area contributed by atoms with Crippen LogP contribution in [0.2, 0.25) is 13.1 Å². The van der Waals surface area contributed by atoms with E-state index in [1.54, 1.807) is 0 Å². The standard InChI is InChI=1S/C36H25N3OSi/c1-41(2)30-19-11-8-16-26(30)32-35(37-34(38-36(32)41)22-12-4-3-5-13-22)39-27-17-9-6-15-25(27)31-28(39)21-20-24-23-14-7-10-18-29(23)40-33(24)31/h3-21H,1-2H3. The summed E-state index contributed by atoms with van der Waals surface area (Å²) in [5, 5.41) is 7.15. The molecule has 4 heterocycles. The SMILES string of the molecule is C[Si]1(C)c2ccccc2-c2c(-n3c4ccccc4c4c5oc6ccccc6c5ccc43)nc(-c3ccccc3)nc21. The second-order valence-corrected chi connectivity index (χ2v) is 15.7. The lowest BCUT2D eigenvalue weighted by molar-refractivity contribution is 0.673. The van der Waals surface area contributed by atoms with Crippen LogP contribution >= 0.6 is 0 Å². The van der Waals surface area contributed by atoms with Crippen LogP contribution < -0.4 is 10.5 Å². The topological polar surface area (TPSA) is 43.9 Å². The van der Waals surface area contributed by atoms with Gasteiger partial charge in [-0.25, -0.2) is 9.97 Å². The maximum atomic E-state index is 6.56. The molecule has 1 aliphatic heterocycles. The molecule has 8 aromatic rings. The lowest BCUT2D eigenvalue weighted by Crippen LogP contribution is -2.51. The summed E-state index contributed by atoms with van der Waals surface area (Å²) in [6.45, 7) is 4.82. The number of fused-ring (bicyclic) bond motifs is 10. The van der Waals surface area contributed by atoms with Gasteiger partial charge < -0.3 is 4.42 Å². The molecule has 9 rings (SSSR count). The van der Waals surface area contributed by atoms with Gasteiger partial charge in [-0.15, -0.1) is 0 Å². The fourth-order valence-electron chi connectivity index (χ4n) is 6.86. The molecular formula is C36H25N3OSi. The lowest BCUT2D eigenvalue weighted by atomic mass is 10.1. The number of nitrogens with zero attached hydrogens (tertiary/aromatic N) is 3. The smallest absolute Gasteiger partial charge is 0.161 e. The van der Waals surface area contributed by atoms with Gasteiger partial charge in [0.05, 0.1) is 16.4 Å². The van der Waals surface area contributed by atoms with Gasteiger partial charge in [0.1, 0.15) is 25.1 Å². The molecule has 0 N–H and O–H groups in total. The molecule has 5 aromatic carbocycles. The van der Waals surface area contributed by atoms with E-state index in [2.05, 4.69) is 115 Å². The van der Waals surface area contributed by atoms with Crippen molar-refractivity contribution in [3.63, 3.8) is 0 Å². The molecule has 0 aliphatic carbocycles. The Morgan fingerprint density at radius 2 is 1.37 bits per heavy atom. The number of hydrogen-bond acceptors (Lipinski definition) is 3. The Kier molecular flexibility index (Phi) is 4.46. The van der Waals surface area contributed by atoms with Crippen LogP contribution in [-0.2, 0) is 0 Å². The Morgan fingerprint density at radius 3 is 2.24 bits per heavy atom. The van der Waals surface area contributed by atoms with Crippen molar-refractivity contribution in [2.24, 2.45) is 0 Å². The molecule has 0 atom stereocenters. The van der Waals surface area contributed by atoms with Crippen molar-refractivity contribution in [3.05, 3.63) is 115 Å². The summed E-state index contributed by atoms with van der Waals surface area (Å²) < 4.78 is 8.90. The van der Waals surface area contributed by atoms with Gasteiger partial charge >= 0.3 is 0 Å². The highest BCUT2D eigenvalue weighted by Crippen LogP contribution is 2.42. The lowest BCUT2D eigenvalue weighted by Gasteiger charge is -2.19. The first-order valence-corrected chi connectivity index (χ1v) is 17.0. The van der Waals surface area contributed by atoms with Crippen molar-refractivity contribution in [2.75, 3.05) is 0 Å². The van der Waals surface area contributed by atoms with E-state index in [-0.39, 0.29) is 0 Å². The number of furan rings is 1. The Hall–Kier alpha value is -5.00. The van der Waals surface area contributed by atoms with Gasteiger partial charge in [0.2, 0.25) is 0 Å². The van der Waals surface area contributed by atoms with Crippen LogP contribution in [0.4, 0.5) is 0 Å². The van der Waals surface area contributed by atoms with E-state index < -0.39 is 8.07 Å². The molecular weight excluding hydrogens is 519 g/mol. The molecule has 0 unspecified atom stereocenters. The summed E-state index contributed by atoms with van der Waals surface area (Å²) >= 11 is 0. The number of para-hydroxylation sites is 2. The fraction of sp³-hybridized carbons (Fsp3) is 0.0556. The molecule has 0 saturated heterocycles. The van der Waals surface area contributed by atoms with E-state index in [1.165, 1.54) is 16.1 Å². The first-order valence-electron chi connectivity index (χ1n) is 14.0. The molecule has 0 amide bonds. The average Bonchev–Trinajstić information content (AvgIpc) is 3.63. The third kappa shape index (κ3) is 2.98. The second-order valence-electron chi connectivity index (χ2n) is 11.4. The summed E-state index contributed by atoms with van der Waals surface area (Å²) in [5.41, 5.74) is 7.46. The molecule has 0 saturated carbocycles. The van der Waals surface area contributed by atoms with Gasteiger partial charge in [-0.3, -0.25) is 4.57 Å². The Labute approximate surface area is 237 Å². The molecule has 5 heteroatoms. The van der Waals surface area contributed by atoms with E-state index in [1.807, 2.05) is 18.2 Å². The largest absolute Gasteiger partial charge is 0.455 e. The van der Waals surface area contributed by atoms with Crippen molar-refractivity contribution < 1.29 is 4.42 Å².